The van der Waals surface area contributed by atoms with Gasteiger partial charge < -0.3 is 0 Å². The van der Waals surface area contributed by atoms with Crippen LogP contribution < -0.4 is 0 Å². The van der Waals surface area contributed by atoms with E-state index in [2.05, 4.69) is 26.0 Å². The summed E-state index contributed by atoms with van der Waals surface area (Å²) >= 11 is 4.38. The summed E-state index contributed by atoms with van der Waals surface area (Å²) in [5.41, 5.74) is -0.0202. The minimum Gasteiger partial charge on any atom is -0.275 e. The number of halogens is 1. The normalized spacial score (nSPS) is 10.5. The van der Waals surface area contributed by atoms with E-state index in [0.717, 1.165) is 4.90 Å². The standard InChI is InChI=1S/C9H7BrN4O2S/c1-13-5-7(4-12-13)17-9-8(14(15)16)2-6(10)3-11-9/h2-5H,1H3. The third-order valence-electron chi connectivity index (χ3n) is 1.89. The fraction of sp³-hybridized carbons (Fsp3) is 0.111. The molecular weight excluding hydrogens is 308 g/mol. The van der Waals surface area contributed by atoms with Gasteiger partial charge in [-0.3, -0.25) is 14.8 Å². The van der Waals surface area contributed by atoms with Crippen molar-refractivity contribution in [2.24, 2.45) is 7.05 Å². The Labute approximate surface area is 109 Å². The van der Waals surface area contributed by atoms with Crippen molar-refractivity contribution in [2.45, 2.75) is 9.92 Å². The quantitative estimate of drug-likeness (QED) is 0.643. The van der Waals surface area contributed by atoms with E-state index in [1.165, 1.54) is 24.0 Å². The number of aromatic nitrogens is 3. The highest BCUT2D eigenvalue weighted by Crippen LogP contribution is 2.33. The fourth-order valence-electron chi connectivity index (χ4n) is 1.19. The summed E-state index contributed by atoms with van der Waals surface area (Å²) in [6, 6.07) is 1.44. The van der Waals surface area contributed by atoms with E-state index in [1.54, 1.807) is 24.1 Å². The number of rotatable bonds is 3. The lowest BCUT2D eigenvalue weighted by Gasteiger charge is -2.00. The summed E-state index contributed by atoms with van der Waals surface area (Å²) in [6.07, 6.45) is 4.95. The molecule has 0 unspecified atom stereocenters. The molecule has 0 aliphatic carbocycles. The molecule has 6 nitrogen and oxygen atoms in total. The monoisotopic (exact) mass is 314 g/mol. The van der Waals surface area contributed by atoms with Crippen LogP contribution in [-0.4, -0.2) is 19.7 Å². The van der Waals surface area contributed by atoms with Gasteiger partial charge in [0.1, 0.15) is 0 Å². The summed E-state index contributed by atoms with van der Waals surface area (Å²) in [4.78, 5) is 15.3. The number of hydrogen-bond donors (Lipinski definition) is 0. The van der Waals surface area contributed by atoms with Crippen molar-refractivity contribution < 1.29 is 4.92 Å². The van der Waals surface area contributed by atoms with Crippen LogP contribution in [0.1, 0.15) is 0 Å². The summed E-state index contributed by atoms with van der Waals surface area (Å²) in [6.45, 7) is 0. The fourth-order valence-corrected chi connectivity index (χ4v) is 2.38. The molecule has 0 aliphatic rings. The van der Waals surface area contributed by atoms with E-state index >= 15 is 0 Å². The average molecular weight is 315 g/mol. The number of nitro groups is 1. The lowest BCUT2D eigenvalue weighted by molar-refractivity contribution is -0.388. The Bertz CT molecular complexity index is 572. The van der Waals surface area contributed by atoms with Crippen LogP contribution in [0, 0.1) is 10.1 Å². The van der Waals surface area contributed by atoms with Gasteiger partial charge in [-0.25, -0.2) is 4.98 Å². The van der Waals surface area contributed by atoms with Crippen LogP contribution in [0.3, 0.4) is 0 Å². The lowest BCUT2D eigenvalue weighted by atomic mass is 10.4. The maximum absolute atomic E-state index is 10.9. The van der Waals surface area contributed by atoms with Gasteiger partial charge in [0.05, 0.1) is 16.0 Å². The largest absolute Gasteiger partial charge is 0.302 e. The highest BCUT2D eigenvalue weighted by molar-refractivity contribution is 9.10. The molecule has 8 heteroatoms. The Morgan fingerprint density at radius 2 is 2.29 bits per heavy atom. The first-order chi connectivity index (χ1) is 8.06. The van der Waals surface area contributed by atoms with Gasteiger partial charge in [0.2, 0.25) is 0 Å². The first-order valence-electron chi connectivity index (χ1n) is 4.52. The molecule has 0 saturated carbocycles. The Balaban J connectivity index is 2.35. The Morgan fingerprint density at radius 1 is 1.53 bits per heavy atom. The predicted molar refractivity (Wildman–Crippen MR) is 65.9 cm³/mol. The van der Waals surface area contributed by atoms with Gasteiger partial charge in [-0.15, -0.1) is 0 Å². The molecule has 0 bridgehead atoms. The molecule has 88 valence electrons. The van der Waals surface area contributed by atoms with Crippen molar-refractivity contribution in [3.63, 3.8) is 0 Å². The SMILES string of the molecule is Cn1cc(Sc2ncc(Br)cc2[N+](=O)[O-])cn1. The molecule has 2 heterocycles. The minimum absolute atomic E-state index is 0.0202. The van der Waals surface area contributed by atoms with E-state index in [0.29, 0.717) is 9.50 Å². The maximum atomic E-state index is 10.9. The predicted octanol–water partition coefficient (Wildman–Crippen LogP) is 2.64. The molecule has 17 heavy (non-hydrogen) atoms. The zero-order chi connectivity index (χ0) is 12.4. The van der Waals surface area contributed by atoms with Gasteiger partial charge in [0.15, 0.2) is 5.03 Å². The second kappa shape index (κ2) is 4.84. The van der Waals surface area contributed by atoms with Gasteiger partial charge in [-0.1, -0.05) is 11.8 Å². The van der Waals surface area contributed by atoms with E-state index in [1.807, 2.05) is 0 Å². The van der Waals surface area contributed by atoms with Crippen LogP contribution in [-0.2, 0) is 7.05 Å². The third-order valence-corrected chi connectivity index (χ3v) is 3.28. The second-order valence-corrected chi connectivity index (χ2v) is 5.16. The summed E-state index contributed by atoms with van der Waals surface area (Å²) in [5, 5.41) is 15.2. The second-order valence-electron chi connectivity index (χ2n) is 3.19. The maximum Gasteiger partial charge on any atom is 0.302 e. The number of hydrogen-bond acceptors (Lipinski definition) is 5. The molecule has 0 spiro atoms. The highest BCUT2D eigenvalue weighted by atomic mass is 79.9. The molecule has 0 aromatic carbocycles. The molecule has 0 aliphatic heterocycles. The zero-order valence-corrected chi connectivity index (χ0v) is 11.1. The van der Waals surface area contributed by atoms with Crippen molar-refractivity contribution in [1.82, 2.24) is 14.8 Å². The molecule has 0 saturated heterocycles. The molecule has 0 atom stereocenters. The van der Waals surface area contributed by atoms with Crippen LogP contribution in [0.15, 0.2) is 39.1 Å². The first-order valence-corrected chi connectivity index (χ1v) is 6.13. The highest BCUT2D eigenvalue weighted by Gasteiger charge is 2.17. The van der Waals surface area contributed by atoms with Crippen LogP contribution >= 0.6 is 27.7 Å². The van der Waals surface area contributed by atoms with Crippen molar-refractivity contribution in [1.29, 1.82) is 0 Å². The van der Waals surface area contributed by atoms with Gasteiger partial charge in [-0.05, 0) is 15.9 Å². The molecule has 2 rings (SSSR count). The lowest BCUT2D eigenvalue weighted by Crippen LogP contribution is -1.93. The molecule has 0 radical (unpaired) electrons. The number of pyridine rings is 1. The van der Waals surface area contributed by atoms with Crippen molar-refractivity contribution in [3.8, 4) is 0 Å². The van der Waals surface area contributed by atoms with Crippen LogP contribution in [0.5, 0.6) is 0 Å². The molecule has 2 aromatic heterocycles. The third kappa shape index (κ3) is 2.83. The van der Waals surface area contributed by atoms with E-state index in [9.17, 15) is 10.1 Å². The Morgan fingerprint density at radius 3 is 2.88 bits per heavy atom. The topological polar surface area (TPSA) is 73.8 Å². The van der Waals surface area contributed by atoms with Gasteiger partial charge in [-0.2, -0.15) is 5.10 Å². The van der Waals surface area contributed by atoms with Gasteiger partial charge >= 0.3 is 5.69 Å². The molecule has 0 amide bonds. The van der Waals surface area contributed by atoms with Crippen molar-refractivity contribution in [3.05, 3.63) is 39.2 Å². The molecule has 0 N–H and O–H groups in total. The van der Waals surface area contributed by atoms with E-state index in [4.69, 9.17) is 0 Å². The molecule has 2 aromatic rings. The molecule has 0 fully saturated rings. The van der Waals surface area contributed by atoms with Crippen LogP contribution in [0.25, 0.3) is 0 Å². The van der Waals surface area contributed by atoms with Crippen LogP contribution in [0.4, 0.5) is 5.69 Å². The summed E-state index contributed by atoms with van der Waals surface area (Å²) in [5.74, 6) is 0. The number of aryl methyl sites for hydroxylation is 1. The van der Waals surface area contributed by atoms with Crippen molar-refractivity contribution >= 4 is 33.4 Å². The molecular formula is C9H7BrN4O2S. The van der Waals surface area contributed by atoms with Gasteiger partial charge in [0.25, 0.3) is 0 Å². The summed E-state index contributed by atoms with van der Waals surface area (Å²) < 4.78 is 2.22. The van der Waals surface area contributed by atoms with Gasteiger partial charge in [0, 0.05) is 30.0 Å². The zero-order valence-electron chi connectivity index (χ0n) is 8.70. The first kappa shape index (κ1) is 12.1. The average Bonchev–Trinajstić information content (AvgIpc) is 2.66. The smallest absolute Gasteiger partial charge is 0.275 e. The van der Waals surface area contributed by atoms with E-state index in [-0.39, 0.29) is 5.69 Å². The minimum atomic E-state index is -0.448. The Kier molecular flexibility index (Phi) is 3.43. The summed E-state index contributed by atoms with van der Waals surface area (Å²) in [7, 11) is 1.79. The van der Waals surface area contributed by atoms with Crippen molar-refractivity contribution in [2.75, 3.05) is 0 Å². The Hall–Kier alpha value is -1.41. The number of nitrogens with zero attached hydrogens (tertiary/aromatic N) is 4. The van der Waals surface area contributed by atoms with Crippen LogP contribution in [0.2, 0.25) is 0 Å². The van der Waals surface area contributed by atoms with E-state index < -0.39 is 4.92 Å².